The molecule has 1 amide bonds. The van der Waals surface area contributed by atoms with Crippen LogP contribution >= 0.6 is 0 Å². The van der Waals surface area contributed by atoms with Crippen molar-refractivity contribution in [1.82, 2.24) is 5.32 Å². The van der Waals surface area contributed by atoms with Crippen molar-refractivity contribution < 1.29 is 19.1 Å². The maximum Gasteiger partial charge on any atom is 0.222 e. The number of carbonyl (C=O) groups is 1. The lowest BCUT2D eigenvalue weighted by molar-refractivity contribution is -0.123. The molecule has 0 fully saturated rings. The minimum absolute atomic E-state index is 0.128. The van der Waals surface area contributed by atoms with Gasteiger partial charge in [0, 0.05) is 18.6 Å². The van der Waals surface area contributed by atoms with E-state index in [9.17, 15) is 9.90 Å². The maximum absolute atomic E-state index is 11.7. The van der Waals surface area contributed by atoms with Crippen LogP contribution in [0.25, 0.3) is 0 Å². The lowest BCUT2D eigenvalue weighted by Crippen LogP contribution is -2.39. The predicted octanol–water partition coefficient (Wildman–Crippen LogP) is 2.28. The quantitative estimate of drug-likeness (QED) is 0.722. The van der Waals surface area contributed by atoms with Gasteiger partial charge in [0.2, 0.25) is 5.91 Å². The van der Waals surface area contributed by atoms with Gasteiger partial charge in [-0.15, -0.1) is 0 Å². The zero-order valence-corrected chi connectivity index (χ0v) is 13.7. The SMILES string of the molecule is Cc1cc([C@@](C)(O)CNC(=O)CCOCC(C)C)c(C)o1. The van der Waals surface area contributed by atoms with Crippen LogP contribution in [-0.4, -0.2) is 30.8 Å². The number of aliphatic hydroxyl groups is 1. The van der Waals surface area contributed by atoms with E-state index in [1.807, 2.05) is 6.92 Å². The molecule has 0 saturated heterocycles. The molecule has 0 saturated carbocycles. The summed E-state index contributed by atoms with van der Waals surface area (Å²) in [6.07, 6.45) is 0.298. The van der Waals surface area contributed by atoms with Crippen molar-refractivity contribution in [3.05, 3.63) is 23.2 Å². The molecule has 0 unspecified atom stereocenters. The first-order chi connectivity index (χ1) is 9.72. The third-order valence-electron chi connectivity index (χ3n) is 3.18. The number of amides is 1. The molecule has 21 heavy (non-hydrogen) atoms. The molecular weight excluding hydrogens is 270 g/mol. The Bertz CT molecular complexity index is 463. The number of furan rings is 1. The molecule has 0 spiro atoms. The number of ether oxygens (including phenoxy) is 1. The lowest BCUT2D eigenvalue weighted by Gasteiger charge is -2.23. The zero-order chi connectivity index (χ0) is 16.0. The van der Waals surface area contributed by atoms with Gasteiger partial charge in [0.25, 0.3) is 0 Å². The Morgan fingerprint density at radius 1 is 1.48 bits per heavy atom. The Morgan fingerprint density at radius 2 is 2.14 bits per heavy atom. The van der Waals surface area contributed by atoms with Gasteiger partial charge in [-0.05, 0) is 32.8 Å². The second kappa shape index (κ2) is 7.61. The van der Waals surface area contributed by atoms with Gasteiger partial charge in [0.15, 0.2) is 0 Å². The second-order valence-corrected chi connectivity index (χ2v) is 6.10. The Labute approximate surface area is 126 Å². The number of nitrogens with one attached hydrogen (secondary N) is 1. The number of carbonyl (C=O) groups excluding carboxylic acids is 1. The van der Waals surface area contributed by atoms with Gasteiger partial charge in [-0.2, -0.15) is 0 Å². The van der Waals surface area contributed by atoms with E-state index in [1.165, 1.54) is 0 Å². The summed E-state index contributed by atoms with van der Waals surface area (Å²) in [5, 5.41) is 13.2. The highest BCUT2D eigenvalue weighted by atomic mass is 16.5. The standard InChI is InChI=1S/C16H27NO4/c1-11(2)9-20-7-6-15(18)17-10-16(5,19)14-8-12(3)21-13(14)4/h8,11,19H,6-7,9-10H2,1-5H3,(H,17,18)/t16-/m0/s1. The van der Waals surface area contributed by atoms with E-state index in [4.69, 9.17) is 9.15 Å². The van der Waals surface area contributed by atoms with E-state index in [2.05, 4.69) is 19.2 Å². The van der Waals surface area contributed by atoms with Gasteiger partial charge in [-0.25, -0.2) is 0 Å². The third-order valence-corrected chi connectivity index (χ3v) is 3.18. The Morgan fingerprint density at radius 3 is 2.67 bits per heavy atom. The van der Waals surface area contributed by atoms with Crippen LogP contribution in [-0.2, 0) is 15.1 Å². The average Bonchev–Trinajstić information content (AvgIpc) is 2.72. The summed E-state index contributed by atoms with van der Waals surface area (Å²) in [5.74, 6) is 1.75. The van der Waals surface area contributed by atoms with E-state index in [0.29, 0.717) is 36.9 Å². The molecule has 1 rings (SSSR count). The molecule has 0 bridgehead atoms. The monoisotopic (exact) mass is 297 g/mol. The van der Waals surface area contributed by atoms with Crippen molar-refractivity contribution in [2.24, 2.45) is 5.92 Å². The Kier molecular flexibility index (Phi) is 6.42. The van der Waals surface area contributed by atoms with Crippen molar-refractivity contribution in [2.75, 3.05) is 19.8 Å². The first kappa shape index (κ1) is 17.7. The second-order valence-electron chi connectivity index (χ2n) is 6.10. The van der Waals surface area contributed by atoms with Gasteiger partial charge in [-0.1, -0.05) is 13.8 Å². The molecule has 120 valence electrons. The van der Waals surface area contributed by atoms with Gasteiger partial charge in [0.05, 0.1) is 13.2 Å². The maximum atomic E-state index is 11.7. The minimum Gasteiger partial charge on any atom is -0.466 e. The summed E-state index contributed by atoms with van der Waals surface area (Å²) in [7, 11) is 0. The van der Waals surface area contributed by atoms with Crippen LogP contribution in [0.2, 0.25) is 0 Å². The van der Waals surface area contributed by atoms with E-state index in [1.54, 1.807) is 19.9 Å². The fraction of sp³-hybridized carbons (Fsp3) is 0.688. The fourth-order valence-electron chi connectivity index (χ4n) is 2.10. The summed E-state index contributed by atoms with van der Waals surface area (Å²) >= 11 is 0. The van der Waals surface area contributed by atoms with Gasteiger partial charge in [0.1, 0.15) is 17.1 Å². The Hall–Kier alpha value is -1.33. The first-order valence-electron chi connectivity index (χ1n) is 7.36. The largest absolute Gasteiger partial charge is 0.466 e. The molecule has 0 radical (unpaired) electrons. The highest BCUT2D eigenvalue weighted by molar-refractivity contribution is 5.76. The molecule has 1 atom stereocenters. The van der Waals surface area contributed by atoms with Crippen LogP contribution in [0.4, 0.5) is 0 Å². The van der Waals surface area contributed by atoms with Crippen LogP contribution in [0, 0.1) is 19.8 Å². The lowest BCUT2D eigenvalue weighted by atomic mass is 9.96. The normalized spacial score (nSPS) is 14.2. The highest BCUT2D eigenvalue weighted by Crippen LogP contribution is 2.26. The summed E-state index contributed by atoms with van der Waals surface area (Å²) in [6.45, 7) is 10.6. The van der Waals surface area contributed by atoms with E-state index in [-0.39, 0.29) is 12.5 Å². The molecule has 0 aliphatic rings. The molecule has 1 heterocycles. The van der Waals surface area contributed by atoms with Crippen LogP contribution < -0.4 is 5.32 Å². The Balaban J connectivity index is 2.39. The molecule has 0 aromatic carbocycles. The molecule has 0 aliphatic carbocycles. The minimum atomic E-state index is -1.14. The van der Waals surface area contributed by atoms with Crippen molar-refractivity contribution in [3.8, 4) is 0 Å². The topological polar surface area (TPSA) is 71.7 Å². The third kappa shape index (κ3) is 5.89. The van der Waals surface area contributed by atoms with Gasteiger partial charge >= 0.3 is 0 Å². The summed E-state index contributed by atoms with van der Waals surface area (Å²) < 4.78 is 10.8. The molecule has 5 nitrogen and oxygen atoms in total. The summed E-state index contributed by atoms with van der Waals surface area (Å²) in [6, 6.07) is 1.80. The van der Waals surface area contributed by atoms with E-state index in [0.717, 1.165) is 5.76 Å². The summed E-state index contributed by atoms with van der Waals surface area (Å²) in [5.41, 5.74) is -0.438. The van der Waals surface area contributed by atoms with Gasteiger partial charge in [-0.3, -0.25) is 4.79 Å². The van der Waals surface area contributed by atoms with Crippen molar-refractivity contribution >= 4 is 5.91 Å². The number of rotatable bonds is 8. The van der Waals surface area contributed by atoms with E-state index >= 15 is 0 Å². The highest BCUT2D eigenvalue weighted by Gasteiger charge is 2.28. The van der Waals surface area contributed by atoms with Crippen molar-refractivity contribution in [3.63, 3.8) is 0 Å². The number of hydrogen-bond donors (Lipinski definition) is 2. The number of hydrogen-bond acceptors (Lipinski definition) is 4. The first-order valence-corrected chi connectivity index (χ1v) is 7.36. The molecule has 1 aromatic rings. The zero-order valence-electron chi connectivity index (χ0n) is 13.7. The molecular formula is C16H27NO4. The van der Waals surface area contributed by atoms with Crippen LogP contribution in [0.3, 0.4) is 0 Å². The number of aryl methyl sites for hydroxylation is 2. The predicted molar refractivity (Wildman–Crippen MR) is 81.0 cm³/mol. The smallest absolute Gasteiger partial charge is 0.222 e. The van der Waals surface area contributed by atoms with Crippen molar-refractivity contribution in [1.29, 1.82) is 0 Å². The molecule has 1 aromatic heterocycles. The van der Waals surface area contributed by atoms with Crippen LogP contribution in [0.5, 0.6) is 0 Å². The van der Waals surface area contributed by atoms with Crippen LogP contribution in [0.1, 0.15) is 44.3 Å². The van der Waals surface area contributed by atoms with Crippen LogP contribution in [0.15, 0.2) is 10.5 Å². The summed E-state index contributed by atoms with van der Waals surface area (Å²) in [4.78, 5) is 11.7. The average molecular weight is 297 g/mol. The van der Waals surface area contributed by atoms with Gasteiger partial charge < -0.3 is 19.6 Å². The molecule has 0 aliphatic heterocycles. The van der Waals surface area contributed by atoms with E-state index < -0.39 is 5.60 Å². The molecule has 5 heteroatoms. The molecule has 2 N–H and O–H groups in total. The van der Waals surface area contributed by atoms with Crippen molar-refractivity contribution in [2.45, 2.75) is 46.6 Å². The fourth-order valence-corrected chi connectivity index (χ4v) is 2.10.